The van der Waals surface area contributed by atoms with Crippen LogP contribution < -0.4 is 0 Å². The average molecular weight is 312 g/mol. The SMILES string of the molecule is Cc1ccc2c3c1CC(=O)O[C@H]3C[C@H]1C(C)(C)C(=O)CC[C@]21C. The maximum absolute atomic E-state index is 12.5. The van der Waals surface area contributed by atoms with Crippen molar-refractivity contribution in [1.82, 2.24) is 0 Å². The first kappa shape index (κ1) is 14.9. The minimum Gasteiger partial charge on any atom is -0.457 e. The summed E-state index contributed by atoms with van der Waals surface area (Å²) < 4.78 is 5.72. The van der Waals surface area contributed by atoms with Crippen molar-refractivity contribution in [2.24, 2.45) is 11.3 Å². The Balaban J connectivity index is 1.96. The average Bonchev–Trinajstić information content (AvgIpc) is 2.48. The van der Waals surface area contributed by atoms with Gasteiger partial charge >= 0.3 is 5.97 Å². The van der Waals surface area contributed by atoms with Gasteiger partial charge in [0.15, 0.2) is 0 Å². The largest absolute Gasteiger partial charge is 0.457 e. The fourth-order valence-corrected chi connectivity index (χ4v) is 5.40. The van der Waals surface area contributed by atoms with E-state index in [1.165, 1.54) is 16.7 Å². The van der Waals surface area contributed by atoms with E-state index in [2.05, 4.69) is 39.8 Å². The first-order valence-electron chi connectivity index (χ1n) is 8.61. The van der Waals surface area contributed by atoms with Gasteiger partial charge in [0, 0.05) is 17.4 Å². The maximum Gasteiger partial charge on any atom is 0.310 e. The Morgan fingerprint density at radius 1 is 1.17 bits per heavy atom. The molecule has 1 aromatic carbocycles. The molecule has 3 heteroatoms. The predicted molar refractivity (Wildman–Crippen MR) is 87.2 cm³/mol. The monoisotopic (exact) mass is 312 g/mol. The Kier molecular flexibility index (Phi) is 2.89. The van der Waals surface area contributed by atoms with E-state index >= 15 is 0 Å². The summed E-state index contributed by atoms with van der Waals surface area (Å²) in [4.78, 5) is 24.6. The van der Waals surface area contributed by atoms with E-state index in [0.29, 0.717) is 18.6 Å². The third kappa shape index (κ3) is 1.82. The molecule has 3 nitrogen and oxygen atoms in total. The summed E-state index contributed by atoms with van der Waals surface area (Å²) in [6.07, 6.45) is 2.52. The van der Waals surface area contributed by atoms with Crippen LogP contribution in [0.15, 0.2) is 12.1 Å². The molecule has 0 bridgehead atoms. The van der Waals surface area contributed by atoms with Crippen LogP contribution in [0.4, 0.5) is 0 Å². The lowest BCUT2D eigenvalue weighted by molar-refractivity contribution is -0.156. The Labute approximate surface area is 137 Å². The molecule has 1 aliphatic heterocycles. The molecule has 0 saturated heterocycles. The van der Waals surface area contributed by atoms with Crippen LogP contribution in [0.25, 0.3) is 0 Å². The summed E-state index contributed by atoms with van der Waals surface area (Å²) in [5.41, 5.74) is 4.53. The predicted octanol–water partition coefficient (Wildman–Crippen LogP) is 3.80. The molecule has 1 fully saturated rings. The van der Waals surface area contributed by atoms with E-state index in [1.807, 2.05) is 0 Å². The van der Waals surface area contributed by atoms with Crippen molar-refractivity contribution in [2.45, 2.75) is 64.9 Å². The van der Waals surface area contributed by atoms with Crippen LogP contribution in [0.1, 0.15) is 68.4 Å². The van der Waals surface area contributed by atoms with Crippen LogP contribution in [0.2, 0.25) is 0 Å². The van der Waals surface area contributed by atoms with E-state index in [9.17, 15) is 9.59 Å². The van der Waals surface area contributed by atoms with Gasteiger partial charge < -0.3 is 4.74 Å². The van der Waals surface area contributed by atoms with Crippen LogP contribution >= 0.6 is 0 Å². The zero-order chi connectivity index (χ0) is 16.6. The van der Waals surface area contributed by atoms with Crippen LogP contribution in [-0.2, 0) is 26.2 Å². The van der Waals surface area contributed by atoms with Gasteiger partial charge in [-0.2, -0.15) is 0 Å². The van der Waals surface area contributed by atoms with Gasteiger partial charge in [0.25, 0.3) is 0 Å². The second-order valence-electron chi connectivity index (χ2n) is 8.33. The Bertz CT molecular complexity index is 731. The molecule has 0 radical (unpaired) electrons. The molecule has 0 N–H and O–H groups in total. The molecule has 0 unspecified atom stereocenters. The van der Waals surface area contributed by atoms with Gasteiger partial charge in [-0.25, -0.2) is 0 Å². The second-order valence-corrected chi connectivity index (χ2v) is 8.33. The second kappa shape index (κ2) is 4.46. The number of ketones is 1. The highest BCUT2D eigenvalue weighted by Gasteiger charge is 2.56. The molecule has 1 aromatic rings. The van der Waals surface area contributed by atoms with Gasteiger partial charge in [-0.1, -0.05) is 32.9 Å². The molecule has 4 rings (SSSR count). The number of benzene rings is 1. The number of aryl methyl sites for hydroxylation is 1. The first-order chi connectivity index (χ1) is 10.7. The standard InChI is InChI=1S/C20H24O3/c1-11-5-6-13-18-12(11)9-17(22)23-14(18)10-15-19(2,3)16(21)7-8-20(13,15)4/h5-6,14-15H,7-10H2,1-4H3/t14-,15-,20+/m0/s1. The number of carbonyl (C=O) groups excluding carboxylic acids is 2. The molecular weight excluding hydrogens is 288 g/mol. The summed E-state index contributed by atoms with van der Waals surface area (Å²) in [5, 5.41) is 0. The molecule has 0 amide bonds. The molecule has 3 atom stereocenters. The fraction of sp³-hybridized carbons (Fsp3) is 0.600. The Hall–Kier alpha value is -1.64. The van der Waals surface area contributed by atoms with Crippen molar-refractivity contribution >= 4 is 11.8 Å². The molecule has 1 heterocycles. The fourth-order valence-electron chi connectivity index (χ4n) is 5.40. The van der Waals surface area contributed by atoms with Crippen molar-refractivity contribution in [1.29, 1.82) is 0 Å². The third-order valence-electron chi connectivity index (χ3n) is 6.80. The Morgan fingerprint density at radius 3 is 2.65 bits per heavy atom. The lowest BCUT2D eigenvalue weighted by Gasteiger charge is -2.55. The molecule has 3 aliphatic rings. The highest BCUT2D eigenvalue weighted by atomic mass is 16.5. The highest BCUT2D eigenvalue weighted by molar-refractivity contribution is 5.86. The minimum atomic E-state index is -0.362. The van der Waals surface area contributed by atoms with Crippen LogP contribution in [0.3, 0.4) is 0 Å². The van der Waals surface area contributed by atoms with Gasteiger partial charge in [-0.15, -0.1) is 0 Å². The van der Waals surface area contributed by atoms with E-state index in [0.717, 1.165) is 18.4 Å². The van der Waals surface area contributed by atoms with E-state index < -0.39 is 0 Å². The van der Waals surface area contributed by atoms with Gasteiger partial charge in [-0.05, 0) is 47.8 Å². The summed E-state index contributed by atoms with van der Waals surface area (Å²) >= 11 is 0. The lowest BCUT2D eigenvalue weighted by Crippen LogP contribution is -2.53. The van der Waals surface area contributed by atoms with E-state index in [4.69, 9.17) is 4.74 Å². The van der Waals surface area contributed by atoms with Crippen molar-refractivity contribution in [3.05, 3.63) is 34.4 Å². The minimum absolute atomic E-state index is 0.00452. The van der Waals surface area contributed by atoms with Crippen LogP contribution in [-0.4, -0.2) is 11.8 Å². The number of esters is 1. The summed E-state index contributed by atoms with van der Waals surface area (Å²) in [6, 6.07) is 4.36. The molecule has 0 spiro atoms. The number of rotatable bonds is 0. The third-order valence-corrected chi connectivity index (χ3v) is 6.80. The maximum atomic E-state index is 12.5. The molecule has 122 valence electrons. The molecular formula is C20H24O3. The number of fused-ring (bicyclic) bond motifs is 2. The smallest absolute Gasteiger partial charge is 0.310 e. The summed E-state index contributed by atoms with van der Waals surface area (Å²) in [7, 11) is 0. The van der Waals surface area contributed by atoms with Crippen LogP contribution in [0.5, 0.6) is 0 Å². The lowest BCUT2D eigenvalue weighted by atomic mass is 9.49. The highest BCUT2D eigenvalue weighted by Crippen LogP contribution is 2.59. The van der Waals surface area contributed by atoms with Crippen molar-refractivity contribution < 1.29 is 14.3 Å². The van der Waals surface area contributed by atoms with E-state index in [-0.39, 0.29) is 28.8 Å². The molecule has 23 heavy (non-hydrogen) atoms. The number of hydrogen-bond donors (Lipinski definition) is 0. The number of ether oxygens (including phenoxy) is 1. The summed E-state index contributed by atoms with van der Waals surface area (Å²) in [5.74, 6) is 0.430. The molecule has 0 aromatic heterocycles. The quantitative estimate of drug-likeness (QED) is 0.684. The Morgan fingerprint density at radius 2 is 1.91 bits per heavy atom. The number of Topliss-reactive ketones (excluding diaryl/α,β-unsaturated/α-hetero) is 1. The van der Waals surface area contributed by atoms with Crippen molar-refractivity contribution in [3.63, 3.8) is 0 Å². The zero-order valence-corrected chi connectivity index (χ0v) is 14.4. The normalized spacial score (nSPS) is 34.4. The number of carbonyl (C=O) groups is 2. The zero-order valence-electron chi connectivity index (χ0n) is 14.4. The van der Waals surface area contributed by atoms with Crippen molar-refractivity contribution in [3.8, 4) is 0 Å². The molecule has 1 saturated carbocycles. The van der Waals surface area contributed by atoms with Crippen LogP contribution in [0, 0.1) is 18.3 Å². The topological polar surface area (TPSA) is 43.4 Å². The van der Waals surface area contributed by atoms with E-state index in [1.54, 1.807) is 0 Å². The van der Waals surface area contributed by atoms with Gasteiger partial charge in [0.2, 0.25) is 0 Å². The molecule has 2 aliphatic carbocycles. The summed E-state index contributed by atoms with van der Waals surface area (Å²) in [6.45, 7) is 8.53. The first-order valence-corrected chi connectivity index (χ1v) is 8.61. The number of hydrogen-bond acceptors (Lipinski definition) is 3. The van der Waals surface area contributed by atoms with Gasteiger partial charge in [0.05, 0.1) is 6.42 Å². The van der Waals surface area contributed by atoms with Gasteiger partial charge in [0.1, 0.15) is 11.9 Å². The van der Waals surface area contributed by atoms with Crippen molar-refractivity contribution in [2.75, 3.05) is 0 Å². The van der Waals surface area contributed by atoms with Gasteiger partial charge in [-0.3, -0.25) is 9.59 Å².